The molecule has 0 heterocycles. The number of hydrogen-bond donors (Lipinski definition) is 0. The van der Waals surface area contributed by atoms with Gasteiger partial charge in [0.15, 0.2) is 0 Å². The van der Waals surface area contributed by atoms with Gasteiger partial charge in [0.05, 0.1) is 0 Å². The Morgan fingerprint density at radius 2 is 1.31 bits per heavy atom. The van der Waals surface area contributed by atoms with Gasteiger partial charge in [0.2, 0.25) is 0 Å². The summed E-state index contributed by atoms with van der Waals surface area (Å²) in [6, 6.07) is 37.3. The summed E-state index contributed by atoms with van der Waals surface area (Å²) in [5.74, 6) is 6.64. The first-order valence-electron chi connectivity index (χ1n) is 10.7. The van der Waals surface area contributed by atoms with E-state index in [9.17, 15) is 4.79 Å². The quantitative estimate of drug-likeness (QED) is 0.344. The molecule has 0 aromatic heterocycles. The van der Waals surface area contributed by atoms with Crippen molar-refractivity contribution in [3.63, 3.8) is 0 Å². The Labute approximate surface area is 190 Å². The van der Waals surface area contributed by atoms with Gasteiger partial charge in [-0.15, -0.1) is 0 Å². The fourth-order valence-electron chi connectivity index (χ4n) is 3.57. The molecule has 0 aliphatic rings. The third kappa shape index (κ3) is 5.33. The molecule has 2 heteroatoms. The highest BCUT2D eigenvalue weighted by molar-refractivity contribution is 5.94. The van der Waals surface area contributed by atoms with E-state index in [0.717, 1.165) is 16.7 Å². The average molecular weight is 416 g/mol. The van der Waals surface area contributed by atoms with Crippen LogP contribution < -0.4 is 0 Å². The molecule has 32 heavy (non-hydrogen) atoms. The summed E-state index contributed by atoms with van der Waals surface area (Å²) in [7, 11) is 0. The summed E-state index contributed by atoms with van der Waals surface area (Å²) >= 11 is 0. The van der Waals surface area contributed by atoms with Crippen LogP contribution >= 0.6 is 0 Å². The van der Waals surface area contributed by atoms with Crippen molar-refractivity contribution in [1.29, 1.82) is 0 Å². The van der Waals surface area contributed by atoms with Crippen LogP contribution in [0.5, 0.6) is 0 Å². The van der Waals surface area contributed by atoms with Gasteiger partial charge in [0.1, 0.15) is 6.04 Å². The summed E-state index contributed by atoms with van der Waals surface area (Å²) < 4.78 is 0. The summed E-state index contributed by atoms with van der Waals surface area (Å²) in [6.45, 7) is 2.53. The van der Waals surface area contributed by atoms with Crippen LogP contribution in [0.4, 0.5) is 0 Å². The van der Waals surface area contributed by atoms with Gasteiger partial charge in [-0.25, -0.2) is 0 Å². The third-order valence-corrected chi connectivity index (χ3v) is 5.31. The van der Waals surface area contributed by atoms with E-state index >= 15 is 0 Å². The number of benzene rings is 4. The van der Waals surface area contributed by atoms with Gasteiger partial charge in [-0.3, -0.25) is 4.79 Å². The van der Waals surface area contributed by atoms with Crippen LogP contribution in [0.15, 0.2) is 115 Å². The minimum atomic E-state index is -0.385. The standard InChI is InChI=1S/C30H25NO/c1-24-17-20-27(21-18-24)29(22-19-25-11-5-2-6-12-25)31(23-26-13-7-3-8-14-26)30(32)28-15-9-4-10-16-28/h2-18,20-21,29H,23H2,1H3. The number of rotatable bonds is 5. The predicted octanol–water partition coefficient (Wildman–Crippen LogP) is 6.43. The highest BCUT2D eigenvalue weighted by Gasteiger charge is 2.25. The Bertz CT molecular complexity index is 1200. The molecule has 1 amide bonds. The van der Waals surface area contributed by atoms with Crippen LogP contribution in [0.25, 0.3) is 0 Å². The first-order valence-corrected chi connectivity index (χ1v) is 10.7. The zero-order valence-electron chi connectivity index (χ0n) is 18.1. The van der Waals surface area contributed by atoms with Crippen LogP contribution in [0, 0.1) is 18.8 Å². The number of amides is 1. The lowest BCUT2D eigenvalue weighted by Crippen LogP contribution is -2.34. The normalized spacial score (nSPS) is 11.2. The molecule has 1 atom stereocenters. The average Bonchev–Trinajstić information content (AvgIpc) is 2.86. The van der Waals surface area contributed by atoms with E-state index in [-0.39, 0.29) is 11.9 Å². The van der Waals surface area contributed by atoms with Gasteiger partial charge in [-0.1, -0.05) is 108 Å². The van der Waals surface area contributed by atoms with Crippen LogP contribution in [-0.4, -0.2) is 10.8 Å². The van der Waals surface area contributed by atoms with Gasteiger partial charge in [-0.05, 0) is 42.3 Å². The molecule has 156 valence electrons. The molecule has 0 fully saturated rings. The SMILES string of the molecule is Cc1ccc(C(C#Cc2ccccc2)N(Cc2ccccc2)C(=O)c2ccccc2)cc1. The lowest BCUT2D eigenvalue weighted by Gasteiger charge is -2.29. The maximum atomic E-state index is 13.7. The molecule has 1 unspecified atom stereocenters. The Morgan fingerprint density at radius 3 is 1.94 bits per heavy atom. The lowest BCUT2D eigenvalue weighted by molar-refractivity contribution is 0.0703. The zero-order valence-corrected chi connectivity index (χ0v) is 18.1. The van der Waals surface area contributed by atoms with E-state index in [1.807, 2.05) is 95.9 Å². The first-order chi connectivity index (χ1) is 15.7. The van der Waals surface area contributed by atoms with Crippen molar-refractivity contribution in [3.8, 4) is 11.8 Å². The van der Waals surface area contributed by atoms with E-state index < -0.39 is 0 Å². The van der Waals surface area contributed by atoms with Gasteiger partial charge in [-0.2, -0.15) is 0 Å². The molecule has 2 nitrogen and oxygen atoms in total. The molecule has 0 aliphatic heterocycles. The monoisotopic (exact) mass is 415 g/mol. The van der Waals surface area contributed by atoms with Crippen LogP contribution in [0.2, 0.25) is 0 Å². The first kappa shape index (κ1) is 21.2. The Kier molecular flexibility index (Phi) is 6.80. The zero-order chi connectivity index (χ0) is 22.2. The van der Waals surface area contributed by atoms with E-state index in [2.05, 4.69) is 43.0 Å². The molecule has 4 rings (SSSR count). The number of aryl methyl sites for hydroxylation is 1. The molecular formula is C30H25NO. The molecule has 0 saturated carbocycles. The number of hydrogen-bond acceptors (Lipinski definition) is 1. The number of carbonyl (C=O) groups excluding carboxylic acids is 1. The van der Waals surface area contributed by atoms with Gasteiger partial charge >= 0.3 is 0 Å². The second-order valence-electron chi connectivity index (χ2n) is 7.73. The maximum absolute atomic E-state index is 13.7. The fraction of sp³-hybridized carbons (Fsp3) is 0.100. The molecule has 4 aromatic rings. The van der Waals surface area contributed by atoms with E-state index in [4.69, 9.17) is 0 Å². The van der Waals surface area contributed by atoms with Crippen molar-refractivity contribution in [3.05, 3.63) is 143 Å². The molecule has 0 radical (unpaired) electrons. The topological polar surface area (TPSA) is 20.3 Å². The molecular weight excluding hydrogens is 390 g/mol. The van der Waals surface area contributed by atoms with E-state index in [1.165, 1.54) is 5.56 Å². The summed E-state index contributed by atoms with van der Waals surface area (Å²) in [5, 5.41) is 0. The molecule has 4 aromatic carbocycles. The van der Waals surface area contributed by atoms with Crippen molar-refractivity contribution in [1.82, 2.24) is 4.90 Å². The van der Waals surface area contributed by atoms with Crippen molar-refractivity contribution >= 4 is 5.91 Å². The molecule has 0 bridgehead atoms. The minimum Gasteiger partial charge on any atom is -0.316 e. The summed E-state index contributed by atoms with van der Waals surface area (Å²) in [5.41, 5.74) is 4.82. The van der Waals surface area contributed by atoms with Crippen LogP contribution in [0.1, 0.15) is 38.7 Å². The third-order valence-electron chi connectivity index (χ3n) is 5.31. The highest BCUT2D eigenvalue weighted by atomic mass is 16.2. The van der Waals surface area contributed by atoms with E-state index in [0.29, 0.717) is 12.1 Å². The highest BCUT2D eigenvalue weighted by Crippen LogP contribution is 2.25. The number of nitrogens with zero attached hydrogens (tertiary/aromatic N) is 1. The van der Waals surface area contributed by atoms with Gasteiger partial charge in [0, 0.05) is 17.7 Å². The van der Waals surface area contributed by atoms with Gasteiger partial charge in [0.25, 0.3) is 5.91 Å². The Hall–Kier alpha value is -4.09. The van der Waals surface area contributed by atoms with Crippen molar-refractivity contribution in [2.45, 2.75) is 19.5 Å². The summed E-state index contributed by atoms with van der Waals surface area (Å²) in [4.78, 5) is 15.6. The molecule has 0 N–H and O–H groups in total. The molecule has 0 spiro atoms. The molecule has 0 aliphatic carbocycles. The maximum Gasteiger partial charge on any atom is 0.255 e. The van der Waals surface area contributed by atoms with Gasteiger partial charge < -0.3 is 4.90 Å². The second kappa shape index (κ2) is 10.3. The Balaban J connectivity index is 1.80. The van der Waals surface area contributed by atoms with Crippen molar-refractivity contribution in [2.24, 2.45) is 0 Å². The largest absolute Gasteiger partial charge is 0.316 e. The minimum absolute atomic E-state index is 0.0395. The second-order valence-corrected chi connectivity index (χ2v) is 7.73. The predicted molar refractivity (Wildman–Crippen MR) is 130 cm³/mol. The fourth-order valence-corrected chi connectivity index (χ4v) is 3.57. The summed E-state index contributed by atoms with van der Waals surface area (Å²) in [6.07, 6.45) is 0. The van der Waals surface area contributed by atoms with E-state index in [1.54, 1.807) is 0 Å². The lowest BCUT2D eigenvalue weighted by atomic mass is 10.0. The smallest absolute Gasteiger partial charge is 0.255 e. The number of carbonyl (C=O) groups is 1. The van der Waals surface area contributed by atoms with Crippen LogP contribution in [0.3, 0.4) is 0 Å². The van der Waals surface area contributed by atoms with Crippen LogP contribution in [-0.2, 0) is 6.54 Å². The Morgan fingerprint density at radius 1 is 0.750 bits per heavy atom. The van der Waals surface area contributed by atoms with Crippen molar-refractivity contribution in [2.75, 3.05) is 0 Å². The van der Waals surface area contributed by atoms with Crippen molar-refractivity contribution < 1.29 is 4.79 Å². The molecule has 0 saturated heterocycles.